The van der Waals surface area contributed by atoms with Gasteiger partial charge in [-0.05, 0) is 12.8 Å². The summed E-state index contributed by atoms with van der Waals surface area (Å²) in [6.45, 7) is 5.37. The van der Waals surface area contributed by atoms with Crippen molar-refractivity contribution in [2.24, 2.45) is 5.92 Å². The molecule has 2 unspecified atom stereocenters. The molecule has 0 bridgehead atoms. The lowest BCUT2D eigenvalue weighted by atomic mass is 10.00. The zero-order valence-electron chi connectivity index (χ0n) is 9.12. The van der Waals surface area contributed by atoms with Crippen LogP contribution in [0.3, 0.4) is 0 Å². The average Bonchev–Trinajstić information content (AvgIpc) is 2.99. The Balaban J connectivity index is 2.15. The zero-order valence-corrected chi connectivity index (χ0v) is 9.12. The summed E-state index contributed by atoms with van der Waals surface area (Å²) in [6.07, 6.45) is 4.26. The van der Waals surface area contributed by atoms with E-state index < -0.39 is 0 Å². The van der Waals surface area contributed by atoms with Crippen molar-refractivity contribution in [2.45, 2.75) is 45.6 Å². The fourth-order valence-corrected chi connectivity index (χ4v) is 1.40. The van der Waals surface area contributed by atoms with Crippen molar-refractivity contribution >= 4 is 5.97 Å². The molecule has 1 saturated heterocycles. The fourth-order valence-electron chi connectivity index (χ4n) is 1.40. The summed E-state index contributed by atoms with van der Waals surface area (Å²) in [5, 5.41) is 0. The van der Waals surface area contributed by atoms with E-state index in [9.17, 15) is 4.79 Å². The largest absolute Gasteiger partial charge is 0.463 e. The second-order valence-electron chi connectivity index (χ2n) is 3.83. The number of ether oxygens (including phenoxy) is 2. The number of esters is 1. The van der Waals surface area contributed by atoms with Crippen LogP contribution in [0.25, 0.3) is 0 Å². The molecule has 1 fully saturated rings. The molecule has 1 aliphatic heterocycles. The minimum absolute atomic E-state index is 0.0450. The highest BCUT2D eigenvalue weighted by molar-refractivity contribution is 5.72. The van der Waals surface area contributed by atoms with Gasteiger partial charge in [-0.3, -0.25) is 4.79 Å². The van der Waals surface area contributed by atoms with Crippen LogP contribution in [0, 0.1) is 5.92 Å². The molecule has 0 aromatic heterocycles. The summed E-state index contributed by atoms with van der Waals surface area (Å²) in [4.78, 5) is 11.5. The molecule has 82 valence electrons. The van der Waals surface area contributed by atoms with Crippen LogP contribution in [0.15, 0.2) is 0 Å². The summed E-state index contributed by atoms with van der Waals surface area (Å²) in [7, 11) is 0. The lowest BCUT2D eigenvalue weighted by Gasteiger charge is -2.12. The van der Waals surface area contributed by atoms with Crippen molar-refractivity contribution in [3.05, 3.63) is 0 Å². The Hall–Kier alpha value is -0.570. The summed E-state index contributed by atoms with van der Waals surface area (Å²) in [5.41, 5.74) is 0. The van der Waals surface area contributed by atoms with E-state index in [1.54, 1.807) is 0 Å². The van der Waals surface area contributed by atoms with Crippen molar-refractivity contribution in [1.82, 2.24) is 0 Å². The molecule has 2 atom stereocenters. The summed E-state index contributed by atoms with van der Waals surface area (Å²) in [6, 6.07) is 0. The SMILES string of the molecule is CCCCC(CC)C(=O)OCC1CO1. The number of hydrogen-bond donors (Lipinski definition) is 0. The number of carbonyl (C=O) groups excluding carboxylic acids is 1. The van der Waals surface area contributed by atoms with Gasteiger partial charge in [0.25, 0.3) is 0 Å². The smallest absolute Gasteiger partial charge is 0.309 e. The van der Waals surface area contributed by atoms with Crippen LogP contribution in [0.5, 0.6) is 0 Å². The Bertz CT molecular complexity index is 175. The molecule has 0 spiro atoms. The molecule has 1 aliphatic rings. The summed E-state index contributed by atoms with van der Waals surface area (Å²) >= 11 is 0. The van der Waals surface area contributed by atoms with E-state index in [1.807, 2.05) is 6.92 Å². The highest BCUT2D eigenvalue weighted by atomic mass is 16.6. The van der Waals surface area contributed by atoms with Crippen molar-refractivity contribution in [2.75, 3.05) is 13.2 Å². The Morgan fingerprint density at radius 2 is 2.29 bits per heavy atom. The highest BCUT2D eigenvalue weighted by Crippen LogP contribution is 2.16. The van der Waals surface area contributed by atoms with Crippen LogP contribution in [0.4, 0.5) is 0 Å². The van der Waals surface area contributed by atoms with Crippen molar-refractivity contribution < 1.29 is 14.3 Å². The minimum Gasteiger partial charge on any atom is -0.463 e. The maximum Gasteiger partial charge on any atom is 0.309 e. The monoisotopic (exact) mass is 200 g/mol. The van der Waals surface area contributed by atoms with Gasteiger partial charge in [-0.15, -0.1) is 0 Å². The third-order valence-corrected chi connectivity index (χ3v) is 2.55. The van der Waals surface area contributed by atoms with Gasteiger partial charge in [0.15, 0.2) is 0 Å². The molecule has 3 nitrogen and oxygen atoms in total. The molecule has 1 rings (SSSR count). The molecule has 0 aliphatic carbocycles. The maximum atomic E-state index is 11.5. The quantitative estimate of drug-likeness (QED) is 0.467. The van der Waals surface area contributed by atoms with E-state index in [4.69, 9.17) is 9.47 Å². The average molecular weight is 200 g/mol. The Kier molecular flexibility index (Phi) is 4.94. The lowest BCUT2D eigenvalue weighted by molar-refractivity contribution is -0.149. The topological polar surface area (TPSA) is 38.8 Å². The number of epoxide rings is 1. The number of hydrogen-bond acceptors (Lipinski definition) is 3. The molecule has 1 heterocycles. The van der Waals surface area contributed by atoms with Crippen LogP contribution in [0.2, 0.25) is 0 Å². The van der Waals surface area contributed by atoms with Crippen LogP contribution < -0.4 is 0 Å². The van der Waals surface area contributed by atoms with Crippen LogP contribution in [-0.2, 0) is 14.3 Å². The minimum atomic E-state index is -0.0450. The first kappa shape index (κ1) is 11.5. The first-order valence-electron chi connectivity index (χ1n) is 5.56. The van der Waals surface area contributed by atoms with Gasteiger partial charge >= 0.3 is 5.97 Å². The van der Waals surface area contributed by atoms with E-state index in [2.05, 4.69) is 6.92 Å². The molecule has 0 aromatic rings. The number of rotatable bonds is 7. The molecule has 0 saturated carbocycles. The Labute approximate surface area is 85.8 Å². The van der Waals surface area contributed by atoms with E-state index in [0.717, 1.165) is 32.3 Å². The number of carbonyl (C=O) groups is 1. The molecule has 0 N–H and O–H groups in total. The van der Waals surface area contributed by atoms with Crippen molar-refractivity contribution in [3.63, 3.8) is 0 Å². The van der Waals surface area contributed by atoms with Crippen LogP contribution in [-0.4, -0.2) is 25.3 Å². The van der Waals surface area contributed by atoms with E-state index in [1.165, 1.54) is 0 Å². The first-order chi connectivity index (χ1) is 6.77. The Morgan fingerprint density at radius 1 is 1.57 bits per heavy atom. The van der Waals surface area contributed by atoms with Crippen LogP contribution >= 0.6 is 0 Å². The van der Waals surface area contributed by atoms with Crippen molar-refractivity contribution in [3.8, 4) is 0 Å². The summed E-state index contributed by atoms with van der Waals surface area (Å²) < 4.78 is 10.1. The Morgan fingerprint density at radius 3 is 2.79 bits per heavy atom. The van der Waals surface area contributed by atoms with Gasteiger partial charge in [0.05, 0.1) is 12.5 Å². The molecule has 14 heavy (non-hydrogen) atoms. The fraction of sp³-hybridized carbons (Fsp3) is 0.909. The second kappa shape index (κ2) is 6.02. The molecule has 0 aromatic carbocycles. The van der Waals surface area contributed by atoms with Crippen LogP contribution in [0.1, 0.15) is 39.5 Å². The van der Waals surface area contributed by atoms with Crippen molar-refractivity contribution in [1.29, 1.82) is 0 Å². The third-order valence-electron chi connectivity index (χ3n) is 2.55. The predicted molar refractivity (Wildman–Crippen MR) is 54.0 cm³/mol. The molecule has 0 radical (unpaired) electrons. The zero-order chi connectivity index (χ0) is 10.4. The number of unbranched alkanes of at least 4 members (excludes halogenated alkanes) is 1. The second-order valence-corrected chi connectivity index (χ2v) is 3.83. The van der Waals surface area contributed by atoms with Gasteiger partial charge in [0.2, 0.25) is 0 Å². The first-order valence-corrected chi connectivity index (χ1v) is 5.56. The van der Waals surface area contributed by atoms with Gasteiger partial charge in [0, 0.05) is 0 Å². The maximum absolute atomic E-state index is 11.5. The van der Waals surface area contributed by atoms with Gasteiger partial charge in [0.1, 0.15) is 12.7 Å². The van der Waals surface area contributed by atoms with Gasteiger partial charge < -0.3 is 9.47 Å². The summed E-state index contributed by atoms with van der Waals surface area (Å²) in [5.74, 6) is 0.0464. The van der Waals surface area contributed by atoms with Gasteiger partial charge in [-0.25, -0.2) is 0 Å². The molecule has 3 heteroatoms. The standard InChI is InChI=1S/C11H20O3/c1-3-5-6-9(4-2)11(12)14-8-10-7-13-10/h9-10H,3-8H2,1-2H3. The van der Waals surface area contributed by atoms with Gasteiger partial charge in [-0.2, -0.15) is 0 Å². The van der Waals surface area contributed by atoms with Gasteiger partial charge in [-0.1, -0.05) is 26.7 Å². The normalized spacial score (nSPS) is 21.7. The molecular weight excluding hydrogens is 180 g/mol. The molecule has 0 amide bonds. The third kappa shape index (κ3) is 4.09. The predicted octanol–water partition coefficient (Wildman–Crippen LogP) is 2.14. The lowest BCUT2D eigenvalue weighted by Crippen LogP contribution is -2.19. The highest BCUT2D eigenvalue weighted by Gasteiger charge is 2.26. The van der Waals surface area contributed by atoms with E-state index in [0.29, 0.717) is 6.61 Å². The van der Waals surface area contributed by atoms with E-state index in [-0.39, 0.29) is 18.0 Å². The molecular formula is C11H20O3. The van der Waals surface area contributed by atoms with E-state index >= 15 is 0 Å².